The summed E-state index contributed by atoms with van der Waals surface area (Å²) in [5.41, 5.74) is 1.02. The second-order valence-corrected chi connectivity index (χ2v) is 5.39. The van der Waals surface area contributed by atoms with E-state index in [2.05, 4.69) is 21.3 Å². The van der Waals surface area contributed by atoms with Crippen LogP contribution in [0.4, 0.5) is 0 Å². The van der Waals surface area contributed by atoms with Gasteiger partial charge in [0, 0.05) is 25.8 Å². The van der Waals surface area contributed by atoms with Gasteiger partial charge < -0.3 is 10.2 Å². The average Bonchev–Trinajstić information content (AvgIpc) is 3.10. The lowest BCUT2D eigenvalue weighted by Crippen LogP contribution is -2.37. The fourth-order valence-electron chi connectivity index (χ4n) is 2.83. The molecule has 0 radical (unpaired) electrons. The molecular formula is C15H26N4O. The van der Waals surface area contributed by atoms with Gasteiger partial charge in [-0.1, -0.05) is 12.8 Å². The van der Waals surface area contributed by atoms with Gasteiger partial charge >= 0.3 is 0 Å². The zero-order valence-electron chi connectivity index (χ0n) is 12.6. The fraction of sp³-hybridized carbons (Fsp3) is 0.733. The Kier molecular flexibility index (Phi) is 5.59. The van der Waals surface area contributed by atoms with E-state index < -0.39 is 0 Å². The van der Waals surface area contributed by atoms with Crippen LogP contribution in [0, 0.1) is 0 Å². The molecule has 0 aliphatic heterocycles. The Hall–Kier alpha value is -1.36. The fourth-order valence-corrected chi connectivity index (χ4v) is 2.83. The lowest BCUT2D eigenvalue weighted by Gasteiger charge is -2.18. The predicted octanol–water partition coefficient (Wildman–Crippen LogP) is 1.96. The Morgan fingerprint density at radius 2 is 2.10 bits per heavy atom. The van der Waals surface area contributed by atoms with E-state index in [4.69, 9.17) is 0 Å². The van der Waals surface area contributed by atoms with Gasteiger partial charge in [-0.3, -0.25) is 9.48 Å². The first-order valence-electron chi connectivity index (χ1n) is 7.77. The number of likely N-dealkylation sites (N-methyl/N-ethyl adjacent to an activating group) is 1. The maximum atomic E-state index is 11.8. The minimum atomic E-state index is 0.158. The zero-order valence-corrected chi connectivity index (χ0v) is 12.6. The van der Waals surface area contributed by atoms with Crippen LogP contribution in [0.15, 0.2) is 12.3 Å². The molecule has 0 aromatic carbocycles. The van der Waals surface area contributed by atoms with E-state index in [0.717, 1.165) is 18.8 Å². The number of nitrogens with one attached hydrogen (secondary N) is 1. The first-order chi connectivity index (χ1) is 9.74. The van der Waals surface area contributed by atoms with Gasteiger partial charge in [0.2, 0.25) is 5.91 Å². The van der Waals surface area contributed by atoms with Crippen LogP contribution in [-0.4, -0.2) is 40.2 Å². The molecule has 5 nitrogen and oxygen atoms in total. The number of carbonyl (C=O) groups excluding carboxylic acids is 1. The van der Waals surface area contributed by atoms with E-state index in [1.807, 2.05) is 24.8 Å². The third-order valence-electron chi connectivity index (χ3n) is 4.06. The van der Waals surface area contributed by atoms with Gasteiger partial charge in [0.05, 0.1) is 18.3 Å². The number of hydrogen-bond acceptors (Lipinski definition) is 3. The normalized spacial score (nSPS) is 15.7. The Balaban J connectivity index is 1.75. The molecule has 0 atom stereocenters. The van der Waals surface area contributed by atoms with Gasteiger partial charge in [-0.25, -0.2) is 0 Å². The summed E-state index contributed by atoms with van der Waals surface area (Å²) in [5.74, 6) is 0.158. The molecule has 1 N–H and O–H groups in total. The molecule has 1 amide bonds. The summed E-state index contributed by atoms with van der Waals surface area (Å²) in [6, 6.07) is 2.63. The third-order valence-corrected chi connectivity index (χ3v) is 4.06. The Bertz CT molecular complexity index is 419. The van der Waals surface area contributed by atoms with E-state index in [9.17, 15) is 4.79 Å². The van der Waals surface area contributed by atoms with Crippen LogP contribution < -0.4 is 5.32 Å². The van der Waals surface area contributed by atoms with Crippen molar-refractivity contribution in [1.29, 1.82) is 0 Å². The molecule has 1 aromatic rings. The van der Waals surface area contributed by atoms with Crippen molar-refractivity contribution in [3.8, 4) is 0 Å². The van der Waals surface area contributed by atoms with Crippen LogP contribution in [0.2, 0.25) is 0 Å². The van der Waals surface area contributed by atoms with Crippen molar-refractivity contribution >= 4 is 5.91 Å². The first-order valence-corrected chi connectivity index (χ1v) is 7.77. The number of amides is 1. The lowest BCUT2D eigenvalue weighted by molar-refractivity contribution is -0.129. The molecule has 1 saturated carbocycles. The lowest BCUT2D eigenvalue weighted by atomic mass is 10.3. The van der Waals surface area contributed by atoms with Gasteiger partial charge in [-0.2, -0.15) is 5.10 Å². The van der Waals surface area contributed by atoms with Crippen LogP contribution >= 0.6 is 0 Å². The monoisotopic (exact) mass is 278 g/mol. The van der Waals surface area contributed by atoms with E-state index in [0.29, 0.717) is 19.1 Å². The molecule has 1 fully saturated rings. The van der Waals surface area contributed by atoms with Gasteiger partial charge in [-0.15, -0.1) is 0 Å². The molecular weight excluding hydrogens is 252 g/mol. The van der Waals surface area contributed by atoms with Crippen LogP contribution in [-0.2, 0) is 11.3 Å². The molecule has 0 saturated heterocycles. The highest BCUT2D eigenvalue weighted by Crippen LogP contribution is 2.28. The maximum absolute atomic E-state index is 11.8. The van der Waals surface area contributed by atoms with Crippen LogP contribution in [0.1, 0.15) is 51.3 Å². The highest BCUT2D eigenvalue weighted by Gasteiger charge is 2.17. The smallest absolute Gasteiger partial charge is 0.236 e. The highest BCUT2D eigenvalue weighted by atomic mass is 16.2. The molecule has 1 aliphatic carbocycles. The maximum Gasteiger partial charge on any atom is 0.236 e. The summed E-state index contributed by atoms with van der Waals surface area (Å²) in [6.07, 6.45) is 7.19. The zero-order chi connectivity index (χ0) is 14.4. The van der Waals surface area contributed by atoms with E-state index in [-0.39, 0.29) is 5.91 Å². The highest BCUT2D eigenvalue weighted by molar-refractivity contribution is 5.78. The van der Waals surface area contributed by atoms with Gasteiger partial charge in [0.15, 0.2) is 0 Å². The number of rotatable bonds is 7. The van der Waals surface area contributed by atoms with Crippen molar-refractivity contribution in [2.24, 2.45) is 0 Å². The molecule has 1 heterocycles. The first kappa shape index (κ1) is 15.0. The number of carbonyl (C=O) groups is 1. The molecule has 0 unspecified atom stereocenters. The van der Waals surface area contributed by atoms with Crippen molar-refractivity contribution in [2.75, 3.05) is 19.6 Å². The number of aromatic nitrogens is 2. The van der Waals surface area contributed by atoms with Crippen molar-refractivity contribution in [1.82, 2.24) is 20.0 Å². The van der Waals surface area contributed by atoms with E-state index in [1.54, 1.807) is 0 Å². The summed E-state index contributed by atoms with van der Waals surface area (Å²) in [6.45, 7) is 6.60. The Morgan fingerprint density at radius 3 is 2.75 bits per heavy atom. The van der Waals surface area contributed by atoms with Crippen molar-refractivity contribution in [2.45, 2.75) is 52.1 Å². The van der Waals surface area contributed by atoms with E-state index in [1.165, 1.54) is 25.7 Å². The average molecular weight is 278 g/mol. The van der Waals surface area contributed by atoms with Crippen molar-refractivity contribution in [3.05, 3.63) is 18.0 Å². The molecule has 112 valence electrons. The summed E-state index contributed by atoms with van der Waals surface area (Å²) in [4.78, 5) is 13.7. The number of hydrogen-bond donors (Lipinski definition) is 1. The second-order valence-electron chi connectivity index (χ2n) is 5.39. The van der Waals surface area contributed by atoms with Crippen LogP contribution in [0.5, 0.6) is 0 Å². The minimum Gasteiger partial charge on any atom is -0.342 e. The van der Waals surface area contributed by atoms with Crippen LogP contribution in [0.3, 0.4) is 0 Å². The minimum absolute atomic E-state index is 0.158. The number of nitrogens with zero attached hydrogens (tertiary/aromatic N) is 3. The Morgan fingerprint density at radius 1 is 1.40 bits per heavy atom. The topological polar surface area (TPSA) is 50.2 Å². The SMILES string of the molecule is CCN(CC)C(=O)CNCc1ccn(C2CCCC2)n1. The largest absolute Gasteiger partial charge is 0.342 e. The van der Waals surface area contributed by atoms with Gasteiger partial charge in [0.1, 0.15) is 0 Å². The molecule has 5 heteroatoms. The third kappa shape index (κ3) is 3.82. The van der Waals surface area contributed by atoms with Gasteiger partial charge in [0.25, 0.3) is 0 Å². The molecule has 0 spiro atoms. The summed E-state index contributed by atoms with van der Waals surface area (Å²) < 4.78 is 2.09. The molecule has 20 heavy (non-hydrogen) atoms. The summed E-state index contributed by atoms with van der Waals surface area (Å²) in [5, 5.41) is 7.79. The van der Waals surface area contributed by atoms with Gasteiger partial charge in [-0.05, 0) is 32.8 Å². The van der Waals surface area contributed by atoms with Crippen molar-refractivity contribution < 1.29 is 4.79 Å². The second kappa shape index (κ2) is 7.43. The Labute approximate surface area is 121 Å². The van der Waals surface area contributed by atoms with E-state index >= 15 is 0 Å². The molecule has 0 bridgehead atoms. The summed E-state index contributed by atoms with van der Waals surface area (Å²) in [7, 11) is 0. The van der Waals surface area contributed by atoms with Crippen molar-refractivity contribution in [3.63, 3.8) is 0 Å². The predicted molar refractivity (Wildman–Crippen MR) is 79.4 cm³/mol. The molecule has 1 aliphatic rings. The standard InChI is InChI=1S/C15H26N4O/c1-3-18(4-2)15(20)12-16-11-13-9-10-19(17-13)14-7-5-6-8-14/h9-10,14,16H,3-8,11-12H2,1-2H3. The molecule has 1 aromatic heterocycles. The quantitative estimate of drug-likeness (QED) is 0.829. The molecule has 2 rings (SSSR count). The van der Waals surface area contributed by atoms with Crippen LogP contribution in [0.25, 0.3) is 0 Å². The summed E-state index contributed by atoms with van der Waals surface area (Å²) >= 11 is 0.